The zero-order valence-electron chi connectivity index (χ0n) is 18.0. The minimum Gasteiger partial charge on any atom is -0.490 e. The van der Waals surface area contributed by atoms with Gasteiger partial charge in [-0.3, -0.25) is 19.2 Å². The third-order valence-electron chi connectivity index (χ3n) is 4.30. The summed E-state index contributed by atoms with van der Waals surface area (Å²) in [5.41, 5.74) is 0.652. The summed E-state index contributed by atoms with van der Waals surface area (Å²) in [4.78, 5) is 46.6. The summed E-state index contributed by atoms with van der Waals surface area (Å²) in [7, 11) is 0. The first-order chi connectivity index (χ1) is 16.2. The van der Waals surface area contributed by atoms with Gasteiger partial charge in [-0.15, -0.1) is 0 Å². The molecule has 34 heavy (non-hydrogen) atoms. The van der Waals surface area contributed by atoms with Crippen LogP contribution in [0.1, 0.15) is 0 Å². The standard InChI is InChI=1S/C22H24N2O10/c25-19(26)11-23(12-20(27)28)15-4-3-5-16(10-15)33-8-9-34-18-7-2-1-6-17(18)24(13-21(29)30)14-22(31)32/h1-7,10H,8-9,11-14H2,(H,25,26)(H,27,28)(H,29,30)(H,31,32). The Morgan fingerprint density at radius 3 is 1.76 bits per heavy atom. The molecule has 0 aliphatic carbocycles. The van der Waals surface area contributed by atoms with Crippen molar-refractivity contribution in [3.63, 3.8) is 0 Å². The number of para-hydroxylation sites is 2. The number of carboxylic acids is 4. The van der Waals surface area contributed by atoms with Crippen molar-refractivity contribution in [1.82, 2.24) is 0 Å². The van der Waals surface area contributed by atoms with Gasteiger partial charge in [0.15, 0.2) is 0 Å². The molecule has 0 aliphatic rings. The van der Waals surface area contributed by atoms with Gasteiger partial charge in [-0.25, -0.2) is 0 Å². The molecular weight excluding hydrogens is 452 g/mol. The molecule has 12 nitrogen and oxygen atoms in total. The zero-order chi connectivity index (χ0) is 25.1. The van der Waals surface area contributed by atoms with Crippen LogP contribution in [0.15, 0.2) is 48.5 Å². The number of anilines is 2. The summed E-state index contributed by atoms with van der Waals surface area (Å²) in [6.45, 7) is -1.98. The summed E-state index contributed by atoms with van der Waals surface area (Å²) >= 11 is 0. The maximum absolute atomic E-state index is 11.1. The van der Waals surface area contributed by atoms with Crippen molar-refractivity contribution >= 4 is 35.3 Å². The highest BCUT2D eigenvalue weighted by molar-refractivity contribution is 5.81. The lowest BCUT2D eigenvalue weighted by atomic mass is 10.2. The van der Waals surface area contributed by atoms with Gasteiger partial charge in [-0.2, -0.15) is 0 Å². The van der Waals surface area contributed by atoms with Crippen molar-refractivity contribution in [2.24, 2.45) is 0 Å². The minimum atomic E-state index is -1.20. The largest absolute Gasteiger partial charge is 0.490 e. The first-order valence-corrected chi connectivity index (χ1v) is 9.97. The predicted octanol–water partition coefficient (Wildman–Crippen LogP) is 1.10. The third kappa shape index (κ3) is 8.57. The van der Waals surface area contributed by atoms with Crippen LogP contribution < -0.4 is 19.3 Å². The molecule has 0 atom stereocenters. The first-order valence-electron chi connectivity index (χ1n) is 9.97. The number of aliphatic carboxylic acids is 4. The molecule has 12 heteroatoms. The van der Waals surface area contributed by atoms with Gasteiger partial charge in [-0.05, 0) is 24.3 Å². The number of carbonyl (C=O) groups is 4. The second-order valence-corrected chi connectivity index (χ2v) is 6.95. The predicted molar refractivity (Wildman–Crippen MR) is 119 cm³/mol. The Bertz CT molecular complexity index is 994. The number of hydrogen-bond donors (Lipinski definition) is 4. The van der Waals surface area contributed by atoms with Crippen molar-refractivity contribution in [2.75, 3.05) is 49.2 Å². The summed E-state index contributed by atoms with van der Waals surface area (Å²) in [6.07, 6.45) is 0. The van der Waals surface area contributed by atoms with Crippen molar-refractivity contribution in [1.29, 1.82) is 0 Å². The molecule has 0 aliphatic heterocycles. The first kappa shape index (κ1) is 25.8. The Labute approximate surface area is 194 Å². The average molecular weight is 476 g/mol. The lowest BCUT2D eigenvalue weighted by Gasteiger charge is -2.23. The van der Waals surface area contributed by atoms with Crippen LogP contribution in [0.4, 0.5) is 11.4 Å². The van der Waals surface area contributed by atoms with Crippen molar-refractivity contribution in [2.45, 2.75) is 0 Å². The van der Waals surface area contributed by atoms with Gasteiger partial charge < -0.3 is 39.7 Å². The van der Waals surface area contributed by atoms with Crippen LogP contribution in [-0.4, -0.2) is 83.7 Å². The van der Waals surface area contributed by atoms with Crippen LogP contribution in [0.3, 0.4) is 0 Å². The molecule has 0 spiro atoms. The van der Waals surface area contributed by atoms with E-state index in [0.717, 1.165) is 4.90 Å². The highest BCUT2D eigenvalue weighted by Gasteiger charge is 2.18. The number of benzene rings is 2. The van der Waals surface area contributed by atoms with Gasteiger partial charge >= 0.3 is 23.9 Å². The van der Waals surface area contributed by atoms with Crippen LogP contribution in [0.25, 0.3) is 0 Å². The average Bonchev–Trinajstić information content (AvgIpc) is 2.75. The topological polar surface area (TPSA) is 174 Å². The number of ether oxygens (including phenoxy) is 2. The van der Waals surface area contributed by atoms with E-state index in [9.17, 15) is 19.2 Å². The van der Waals surface area contributed by atoms with E-state index < -0.39 is 50.1 Å². The van der Waals surface area contributed by atoms with E-state index in [1.54, 1.807) is 42.5 Å². The highest BCUT2D eigenvalue weighted by Crippen LogP contribution is 2.28. The molecule has 0 unspecified atom stereocenters. The van der Waals surface area contributed by atoms with Crippen molar-refractivity contribution in [3.05, 3.63) is 48.5 Å². The fourth-order valence-electron chi connectivity index (χ4n) is 3.04. The maximum atomic E-state index is 11.1. The van der Waals surface area contributed by atoms with Crippen LogP contribution in [0.5, 0.6) is 11.5 Å². The fraction of sp³-hybridized carbons (Fsp3) is 0.273. The summed E-state index contributed by atoms with van der Waals surface area (Å²) < 4.78 is 11.3. The van der Waals surface area contributed by atoms with E-state index in [-0.39, 0.29) is 19.0 Å². The third-order valence-corrected chi connectivity index (χ3v) is 4.30. The quantitative estimate of drug-likeness (QED) is 0.270. The van der Waals surface area contributed by atoms with Gasteiger partial charge in [0.25, 0.3) is 0 Å². The summed E-state index contributed by atoms with van der Waals surface area (Å²) in [5.74, 6) is -4.12. The van der Waals surface area contributed by atoms with Gasteiger partial charge in [-0.1, -0.05) is 18.2 Å². The van der Waals surface area contributed by atoms with E-state index in [0.29, 0.717) is 17.1 Å². The number of rotatable bonds is 15. The second kappa shape index (κ2) is 12.5. The van der Waals surface area contributed by atoms with E-state index in [4.69, 9.17) is 29.9 Å². The smallest absolute Gasteiger partial charge is 0.323 e. The summed E-state index contributed by atoms with van der Waals surface area (Å²) in [6, 6.07) is 12.7. The van der Waals surface area contributed by atoms with E-state index in [2.05, 4.69) is 0 Å². The molecule has 0 saturated carbocycles. The highest BCUT2D eigenvalue weighted by atomic mass is 16.5. The Balaban J connectivity index is 2.03. The molecule has 0 bridgehead atoms. The normalized spacial score (nSPS) is 10.2. The number of carboxylic acid groups (broad SMARTS) is 4. The summed E-state index contributed by atoms with van der Waals surface area (Å²) in [5, 5.41) is 36.2. The maximum Gasteiger partial charge on any atom is 0.323 e. The molecule has 2 aromatic carbocycles. The lowest BCUT2D eigenvalue weighted by molar-refractivity contribution is -0.138. The lowest BCUT2D eigenvalue weighted by Crippen LogP contribution is -2.34. The number of hydrogen-bond acceptors (Lipinski definition) is 8. The SMILES string of the molecule is O=C(O)CN(CC(=O)O)c1cccc(OCCOc2ccccc2N(CC(=O)O)CC(=O)O)c1. The molecule has 2 rings (SSSR count). The van der Waals surface area contributed by atoms with Gasteiger partial charge in [0, 0.05) is 11.8 Å². The van der Waals surface area contributed by atoms with E-state index in [1.807, 2.05) is 0 Å². The molecule has 0 fully saturated rings. The van der Waals surface area contributed by atoms with Gasteiger partial charge in [0.05, 0.1) is 5.69 Å². The van der Waals surface area contributed by atoms with Gasteiger partial charge in [0.1, 0.15) is 50.9 Å². The molecule has 0 radical (unpaired) electrons. The Kier molecular flexibility index (Phi) is 9.50. The molecule has 0 amide bonds. The monoisotopic (exact) mass is 476 g/mol. The van der Waals surface area contributed by atoms with E-state index in [1.165, 1.54) is 11.0 Å². The molecule has 182 valence electrons. The van der Waals surface area contributed by atoms with Crippen molar-refractivity contribution in [3.8, 4) is 11.5 Å². The van der Waals surface area contributed by atoms with Crippen LogP contribution in [-0.2, 0) is 19.2 Å². The number of nitrogens with zero attached hydrogens (tertiary/aromatic N) is 2. The molecule has 0 aromatic heterocycles. The van der Waals surface area contributed by atoms with Crippen LogP contribution >= 0.6 is 0 Å². The molecule has 0 saturated heterocycles. The minimum absolute atomic E-state index is 0.0309. The van der Waals surface area contributed by atoms with Crippen LogP contribution in [0.2, 0.25) is 0 Å². The fourth-order valence-corrected chi connectivity index (χ4v) is 3.04. The van der Waals surface area contributed by atoms with Gasteiger partial charge in [0.2, 0.25) is 0 Å². The van der Waals surface area contributed by atoms with E-state index >= 15 is 0 Å². The second-order valence-electron chi connectivity index (χ2n) is 6.95. The Hall–Kier alpha value is -4.48. The Morgan fingerprint density at radius 2 is 1.18 bits per heavy atom. The molecule has 2 aromatic rings. The molecule has 4 N–H and O–H groups in total. The van der Waals surface area contributed by atoms with Crippen LogP contribution in [0, 0.1) is 0 Å². The molecule has 0 heterocycles. The Morgan fingerprint density at radius 1 is 0.647 bits per heavy atom. The molecular formula is C22H24N2O10. The zero-order valence-corrected chi connectivity index (χ0v) is 18.0. The van der Waals surface area contributed by atoms with Crippen molar-refractivity contribution < 1.29 is 49.1 Å².